The molecule has 118 valence electrons. The fourth-order valence-corrected chi connectivity index (χ4v) is 3.72. The lowest BCUT2D eigenvalue weighted by Gasteiger charge is -2.27. The maximum atomic E-state index is 3.43. The summed E-state index contributed by atoms with van der Waals surface area (Å²) in [7, 11) is 2.09. The fraction of sp³-hybridized carbons (Fsp3) is 0.700. The number of hydrogen-bond donors (Lipinski definition) is 1. The molecule has 2 rings (SSSR count). The van der Waals surface area contributed by atoms with Crippen molar-refractivity contribution < 1.29 is 0 Å². The van der Waals surface area contributed by atoms with Crippen LogP contribution in [0.5, 0.6) is 0 Å². The zero-order valence-corrected chi connectivity index (χ0v) is 14.4. The Hall–Kier alpha value is -0.820. The van der Waals surface area contributed by atoms with Crippen molar-refractivity contribution in [3.05, 3.63) is 35.4 Å². The van der Waals surface area contributed by atoms with Crippen LogP contribution in [0.1, 0.15) is 76.3 Å². The highest BCUT2D eigenvalue weighted by Gasteiger charge is 2.24. The normalized spacial score (nSPS) is 19.2. The number of rotatable bonds is 4. The van der Waals surface area contributed by atoms with Gasteiger partial charge in [-0.2, -0.15) is 0 Å². The van der Waals surface area contributed by atoms with E-state index in [1.165, 1.54) is 49.7 Å². The topological polar surface area (TPSA) is 12.0 Å². The molecule has 0 aromatic heterocycles. The van der Waals surface area contributed by atoms with Gasteiger partial charge in [-0.25, -0.2) is 0 Å². The Morgan fingerprint density at radius 1 is 1.00 bits per heavy atom. The van der Waals surface area contributed by atoms with Crippen LogP contribution in [0, 0.1) is 5.92 Å². The molecule has 1 unspecified atom stereocenters. The van der Waals surface area contributed by atoms with Crippen molar-refractivity contribution in [3.8, 4) is 0 Å². The van der Waals surface area contributed by atoms with E-state index in [1.54, 1.807) is 0 Å². The molecule has 1 aromatic rings. The summed E-state index contributed by atoms with van der Waals surface area (Å²) in [6.45, 7) is 7.98. The molecule has 1 heteroatoms. The third kappa shape index (κ3) is 4.57. The van der Waals surface area contributed by atoms with Gasteiger partial charge < -0.3 is 5.32 Å². The van der Waals surface area contributed by atoms with E-state index in [0.717, 1.165) is 12.5 Å². The van der Waals surface area contributed by atoms with Crippen LogP contribution in [0.2, 0.25) is 0 Å². The van der Waals surface area contributed by atoms with Crippen LogP contribution >= 0.6 is 0 Å². The van der Waals surface area contributed by atoms with Gasteiger partial charge in [0.15, 0.2) is 0 Å². The standard InChI is InChI=1S/C20H33N/c1-20(2,3)18-13-11-17(12-14-18)19(15-21-4)16-9-7-5-6-8-10-16/h11-14,16,19,21H,5-10,15H2,1-4H3. The van der Waals surface area contributed by atoms with Crippen molar-refractivity contribution in [1.82, 2.24) is 5.32 Å². The summed E-state index contributed by atoms with van der Waals surface area (Å²) < 4.78 is 0. The Morgan fingerprint density at radius 2 is 1.57 bits per heavy atom. The molecule has 1 aromatic carbocycles. The molecular formula is C20H33N. The predicted octanol–water partition coefficient (Wildman–Crippen LogP) is 5.26. The first-order valence-electron chi connectivity index (χ1n) is 8.77. The van der Waals surface area contributed by atoms with Crippen molar-refractivity contribution in [1.29, 1.82) is 0 Å². The van der Waals surface area contributed by atoms with Gasteiger partial charge in [0.25, 0.3) is 0 Å². The summed E-state index contributed by atoms with van der Waals surface area (Å²) in [6.07, 6.45) is 8.54. The van der Waals surface area contributed by atoms with Crippen LogP contribution in [0.15, 0.2) is 24.3 Å². The molecule has 0 saturated heterocycles. The molecule has 0 amide bonds. The predicted molar refractivity (Wildman–Crippen MR) is 93.0 cm³/mol. The molecule has 1 nitrogen and oxygen atoms in total. The zero-order valence-electron chi connectivity index (χ0n) is 14.4. The van der Waals surface area contributed by atoms with Gasteiger partial charge in [0.05, 0.1) is 0 Å². The van der Waals surface area contributed by atoms with Gasteiger partial charge in [0.1, 0.15) is 0 Å². The molecule has 1 atom stereocenters. The van der Waals surface area contributed by atoms with Crippen LogP contribution in [0.3, 0.4) is 0 Å². The van der Waals surface area contributed by atoms with Gasteiger partial charge in [0.2, 0.25) is 0 Å². The highest BCUT2D eigenvalue weighted by atomic mass is 14.8. The van der Waals surface area contributed by atoms with E-state index in [4.69, 9.17) is 0 Å². The molecule has 21 heavy (non-hydrogen) atoms. The Balaban J connectivity index is 2.17. The second-order valence-corrected chi connectivity index (χ2v) is 7.79. The van der Waals surface area contributed by atoms with E-state index >= 15 is 0 Å². The molecule has 0 spiro atoms. The Labute approximate surface area is 131 Å². The van der Waals surface area contributed by atoms with Crippen molar-refractivity contribution in [2.45, 2.75) is 70.6 Å². The van der Waals surface area contributed by atoms with Crippen LogP contribution in [0.25, 0.3) is 0 Å². The third-order valence-corrected chi connectivity index (χ3v) is 5.10. The molecule has 1 saturated carbocycles. The molecule has 0 aliphatic heterocycles. The third-order valence-electron chi connectivity index (χ3n) is 5.10. The lowest BCUT2D eigenvalue weighted by molar-refractivity contribution is 0.367. The van der Waals surface area contributed by atoms with E-state index < -0.39 is 0 Å². The summed E-state index contributed by atoms with van der Waals surface area (Å²) in [5, 5.41) is 3.43. The summed E-state index contributed by atoms with van der Waals surface area (Å²) in [5.74, 6) is 1.54. The van der Waals surface area contributed by atoms with Crippen molar-refractivity contribution >= 4 is 0 Å². The highest BCUT2D eigenvalue weighted by molar-refractivity contribution is 5.30. The fourth-order valence-electron chi connectivity index (χ4n) is 3.72. The quantitative estimate of drug-likeness (QED) is 0.745. The van der Waals surface area contributed by atoms with Crippen molar-refractivity contribution in [3.63, 3.8) is 0 Å². The van der Waals surface area contributed by atoms with E-state index in [1.807, 2.05) is 0 Å². The molecule has 1 aliphatic rings. The SMILES string of the molecule is CNCC(c1ccc(C(C)(C)C)cc1)C1CCCCCC1. The number of benzene rings is 1. The minimum Gasteiger partial charge on any atom is -0.319 e. The van der Waals surface area contributed by atoms with E-state index in [9.17, 15) is 0 Å². The minimum absolute atomic E-state index is 0.249. The van der Waals surface area contributed by atoms with Gasteiger partial charge >= 0.3 is 0 Å². The molecule has 0 heterocycles. The van der Waals surface area contributed by atoms with Crippen LogP contribution in [-0.2, 0) is 5.41 Å². The van der Waals surface area contributed by atoms with E-state index in [0.29, 0.717) is 5.92 Å². The average molecular weight is 287 g/mol. The highest BCUT2D eigenvalue weighted by Crippen LogP contribution is 2.35. The van der Waals surface area contributed by atoms with Gasteiger partial charge in [-0.15, -0.1) is 0 Å². The lowest BCUT2D eigenvalue weighted by atomic mass is 9.79. The summed E-state index contributed by atoms with van der Waals surface area (Å²) in [6, 6.07) is 9.45. The maximum absolute atomic E-state index is 3.43. The van der Waals surface area contributed by atoms with Crippen LogP contribution in [-0.4, -0.2) is 13.6 Å². The number of hydrogen-bond acceptors (Lipinski definition) is 1. The first-order chi connectivity index (χ1) is 10.0. The minimum atomic E-state index is 0.249. The van der Waals surface area contributed by atoms with Crippen LogP contribution < -0.4 is 5.32 Å². The average Bonchev–Trinajstić information content (AvgIpc) is 2.73. The molecule has 0 bridgehead atoms. The summed E-state index contributed by atoms with van der Waals surface area (Å²) in [5.41, 5.74) is 3.22. The Bertz CT molecular complexity index is 404. The first-order valence-corrected chi connectivity index (χ1v) is 8.77. The number of likely N-dealkylation sites (N-methyl/N-ethyl adjacent to an activating group) is 1. The Morgan fingerprint density at radius 3 is 2.05 bits per heavy atom. The Kier molecular flexibility index (Phi) is 5.87. The molecule has 1 fully saturated rings. The van der Waals surface area contributed by atoms with Gasteiger partial charge in [-0.1, -0.05) is 70.7 Å². The second-order valence-electron chi connectivity index (χ2n) is 7.79. The monoisotopic (exact) mass is 287 g/mol. The lowest BCUT2D eigenvalue weighted by Crippen LogP contribution is -2.24. The van der Waals surface area contributed by atoms with Crippen molar-refractivity contribution in [2.75, 3.05) is 13.6 Å². The van der Waals surface area contributed by atoms with E-state index in [-0.39, 0.29) is 5.41 Å². The zero-order chi connectivity index (χ0) is 15.3. The maximum Gasteiger partial charge on any atom is 0.00198 e. The van der Waals surface area contributed by atoms with Gasteiger partial charge in [-0.3, -0.25) is 0 Å². The molecule has 0 radical (unpaired) electrons. The number of nitrogens with one attached hydrogen (secondary N) is 1. The largest absolute Gasteiger partial charge is 0.319 e. The summed E-state index contributed by atoms with van der Waals surface area (Å²) >= 11 is 0. The summed E-state index contributed by atoms with van der Waals surface area (Å²) in [4.78, 5) is 0. The first kappa shape index (κ1) is 16.5. The molecule has 1 aliphatic carbocycles. The van der Waals surface area contributed by atoms with Crippen molar-refractivity contribution in [2.24, 2.45) is 5.92 Å². The molecule has 1 N–H and O–H groups in total. The van der Waals surface area contributed by atoms with Gasteiger partial charge in [0, 0.05) is 6.54 Å². The second kappa shape index (κ2) is 7.45. The molecular weight excluding hydrogens is 254 g/mol. The smallest absolute Gasteiger partial charge is 0.00198 e. The van der Waals surface area contributed by atoms with Gasteiger partial charge in [-0.05, 0) is 48.3 Å². The van der Waals surface area contributed by atoms with Crippen LogP contribution in [0.4, 0.5) is 0 Å². The van der Waals surface area contributed by atoms with E-state index in [2.05, 4.69) is 57.4 Å².